The van der Waals surface area contributed by atoms with Gasteiger partial charge in [0.15, 0.2) is 29.4 Å². The summed E-state index contributed by atoms with van der Waals surface area (Å²) in [6.45, 7) is 8.27. The lowest BCUT2D eigenvalue weighted by atomic mass is 10.1. The third kappa shape index (κ3) is 7.17. The summed E-state index contributed by atoms with van der Waals surface area (Å²) in [6.07, 6.45) is 1.10. The Hall–Kier alpha value is -3.93. The lowest BCUT2D eigenvalue weighted by Crippen LogP contribution is -2.50. The molecule has 0 aliphatic carbocycles. The Morgan fingerprint density at radius 2 is 1.65 bits per heavy atom. The summed E-state index contributed by atoms with van der Waals surface area (Å²) in [6, 6.07) is 9.19. The number of methoxy groups -OCH3 is 2. The van der Waals surface area contributed by atoms with E-state index >= 15 is 0 Å². The van der Waals surface area contributed by atoms with Gasteiger partial charge in [-0.05, 0) is 45.0 Å². The van der Waals surface area contributed by atoms with Crippen LogP contribution in [-0.2, 0) is 16.1 Å². The molecular formula is C28H37F2N5O5. The predicted octanol–water partition coefficient (Wildman–Crippen LogP) is 3.99. The van der Waals surface area contributed by atoms with Crippen LogP contribution in [0.1, 0.15) is 26.3 Å². The van der Waals surface area contributed by atoms with Gasteiger partial charge in [0.05, 0.1) is 26.3 Å². The molecule has 0 aromatic heterocycles. The van der Waals surface area contributed by atoms with Crippen molar-refractivity contribution in [3.8, 4) is 11.5 Å². The van der Waals surface area contributed by atoms with Crippen molar-refractivity contribution in [3.05, 3.63) is 59.5 Å². The summed E-state index contributed by atoms with van der Waals surface area (Å²) in [5.41, 5.74) is 1.19. The Labute approximate surface area is 233 Å². The highest BCUT2D eigenvalue weighted by atomic mass is 19.1. The van der Waals surface area contributed by atoms with Crippen LogP contribution in [0.3, 0.4) is 0 Å². The highest BCUT2D eigenvalue weighted by molar-refractivity contribution is 5.68. The van der Waals surface area contributed by atoms with E-state index in [4.69, 9.17) is 18.9 Å². The van der Waals surface area contributed by atoms with Gasteiger partial charge in [-0.25, -0.2) is 13.6 Å². The van der Waals surface area contributed by atoms with Crippen LogP contribution in [0, 0.1) is 11.6 Å². The molecule has 0 bridgehead atoms. The minimum Gasteiger partial charge on any atom is -0.494 e. The van der Waals surface area contributed by atoms with Gasteiger partial charge in [0.1, 0.15) is 18.0 Å². The van der Waals surface area contributed by atoms with Crippen molar-refractivity contribution in [1.29, 1.82) is 0 Å². The molecule has 1 amide bonds. The van der Waals surface area contributed by atoms with Crippen LogP contribution in [0.4, 0.5) is 25.0 Å². The number of nitrogens with one attached hydrogen (secondary N) is 3. The fraction of sp³-hybridized carbons (Fsp3) is 0.464. The van der Waals surface area contributed by atoms with E-state index in [0.29, 0.717) is 25.4 Å². The van der Waals surface area contributed by atoms with E-state index in [2.05, 4.69) is 20.9 Å². The zero-order valence-corrected chi connectivity index (χ0v) is 23.5. The molecule has 1 atom stereocenters. The van der Waals surface area contributed by atoms with Crippen LogP contribution in [0.5, 0.6) is 11.5 Å². The maximum Gasteiger partial charge on any atom is 0.410 e. The highest BCUT2D eigenvalue weighted by Crippen LogP contribution is 2.32. The number of hydrogen-bond donors (Lipinski definition) is 3. The molecule has 2 heterocycles. The molecule has 12 heteroatoms. The van der Waals surface area contributed by atoms with Crippen molar-refractivity contribution in [2.45, 2.75) is 39.3 Å². The van der Waals surface area contributed by atoms with Crippen molar-refractivity contribution in [1.82, 2.24) is 15.5 Å². The summed E-state index contributed by atoms with van der Waals surface area (Å²) in [4.78, 5) is 16.3. The minimum atomic E-state index is -0.828. The van der Waals surface area contributed by atoms with E-state index in [1.807, 2.05) is 45.0 Å². The molecule has 4 rings (SSSR count). The SMILES string of the molecule is COc1cc(OC)c(F)c(COC2=CNC(Nc3ccc(N4CCN(C(=O)OC(C)(C)C)CC4)cc3)NC2)c1F. The molecule has 1 unspecified atom stereocenters. The number of rotatable bonds is 8. The quantitative estimate of drug-likeness (QED) is 0.442. The van der Waals surface area contributed by atoms with Gasteiger partial charge in [-0.2, -0.15) is 0 Å². The maximum absolute atomic E-state index is 14.6. The van der Waals surface area contributed by atoms with Crippen LogP contribution in [0.15, 0.2) is 42.3 Å². The molecule has 3 N–H and O–H groups in total. The van der Waals surface area contributed by atoms with E-state index in [0.717, 1.165) is 30.5 Å². The molecule has 218 valence electrons. The van der Waals surface area contributed by atoms with Gasteiger partial charge in [0.2, 0.25) is 0 Å². The fourth-order valence-corrected chi connectivity index (χ4v) is 4.31. The second kappa shape index (κ2) is 12.5. The number of piperazine rings is 1. The Morgan fingerprint density at radius 1 is 1.02 bits per heavy atom. The summed E-state index contributed by atoms with van der Waals surface area (Å²) in [7, 11) is 2.60. The molecule has 2 aliphatic heterocycles. The number of nitrogens with zero attached hydrogens (tertiary/aromatic N) is 2. The van der Waals surface area contributed by atoms with Crippen molar-refractivity contribution >= 4 is 17.5 Å². The molecule has 2 aromatic carbocycles. The normalized spacial score (nSPS) is 17.5. The molecule has 0 saturated carbocycles. The van der Waals surface area contributed by atoms with Crippen LogP contribution in [0.25, 0.3) is 0 Å². The van der Waals surface area contributed by atoms with E-state index < -0.39 is 17.2 Å². The first-order valence-electron chi connectivity index (χ1n) is 13.1. The van der Waals surface area contributed by atoms with Gasteiger partial charge in [0.25, 0.3) is 0 Å². The van der Waals surface area contributed by atoms with Gasteiger partial charge in [-0.3, -0.25) is 5.32 Å². The second-order valence-corrected chi connectivity index (χ2v) is 10.4. The standard InChI is InChI=1S/C28H37F2N5O5/c1-28(2,3)40-27(36)35-12-10-34(11-13-35)19-8-6-18(7-9-19)33-26-31-15-20(16-32-26)39-17-21-24(29)22(37-4)14-23(38-5)25(21)30/h6-9,14-15,26,31-33H,10-13,16-17H2,1-5H3. The summed E-state index contributed by atoms with van der Waals surface area (Å²) < 4.78 is 50.2. The average molecular weight is 562 g/mol. The van der Waals surface area contributed by atoms with Crippen molar-refractivity contribution < 1.29 is 32.5 Å². The third-order valence-electron chi connectivity index (χ3n) is 6.43. The van der Waals surface area contributed by atoms with E-state index in [1.54, 1.807) is 11.1 Å². The van der Waals surface area contributed by atoms with Gasteiger partial charge >= 0.3 is 6.09 Å². The second-order valence-electron chi connectivity index (χ2n) is 10.4. The molecule has 2 aliphatic rings. The molecule has 40 heavy (non-hydrogen) atoms. The van der Waals surface area contributed by atoms with Crippen LogP contribution < -0.4 is 30.3 Å². The number of ether oxygens (including phenoxy) is 4. The summed E-state index contributed by atoms with van der Waals surface area (Å²) in [5, 5.41) is 9.69. The number of carbonyl (C=O) groups excluding carboxylic acids is 1. The Morgan fingerprint density at radius 3 is 2.17 bits per heavy atom. The van der Waals surface area contributed by atoms with Crippen molar-refractivity contribution in [2.75, 3.05) is 57.2 Å². The number of halogens is 2. The number of amides is 1. The third-order valence-corrected chi connectivity index (χ3v) is 6.43. The monoisotopic (exact) mass is 561 g/mol. The molecule has 1 saturated heterocycles. The van der Waals surface area contributed by atoms with E-state index in [-0.39, 0.29) is 36.1 Å². The van der Waals surface area contributed by atoms with E-state index in [9.17, 15) is 13.6 Å². The van der Waals surface area contributed by atoms with Gasteiger partial charge in [-0.1, -0.05) is 0 Å². The minimum absolute atomic E-state index is 0.121. The molecule has 10 nitrogen and oxygen atoms in total. The van der Waals surface area contributed by atoms with Gasteiger partial charge < -0.3 is 39.4 Å². The first-order chi connectivity index (χ1) is 19.1. The predicted molar refractivity (Wildman–Crippen MR) is 147 cm³/mol. The molecular weight excluding hydrogens is 524 g/mol. The zero-order valence-electron chi connectivity index (χ0n) is 23.5. The number of benzene rings is 2. The Kier molecular flexibility index (Phi) is 9.08. The molecule has 0 radical (unpaired) electrons. The van der Waals surface area contributed by atoms with Crippen LogP contribution >= 0.6 is 0 Å². The lowest BCUT2D eigenvalue weighted by molar-refractivity contribution is 0.0240. The van der Waals surface area contributed by atoms with Crippen LogP contribution in [0.2, 0.25) is 0 Å². The van der Waals surface area contributed by atoms with Crippen molar-refractivity contribution in [3.63, 3.8) is 0 Å². The number of carbonyl (C=O) groups is 1. The molecule has 2 aromatic rings. The zero-order chi connectivity index (χ0) is 28.9. The molecule has 1 fully saturated rings. The van der Waals surface area contributed by atoms with Gasteiger partial charge in [-0.15, -0.1) is 0 Å². The largest absolute Gasteiger partial charge is 0.494 e. The van der Waals surface area contributed by atoms with Crippen LogP contribution in [-0.4, -0.2) is 69.8 Å². The lowest BCUT2D eigenvalue weighted by Gasteiger charge is -2.36. The highest BCUT2D eigenvalue weighted by Gasteiger charge is 2.26. The summed E-state index contributed by atoms with van der Waals surface area (Å²) >= 11 is 0. The Balaban J connectivity index is 1.25. The average Bonchev–Trinajstić information content (AvgIpc) is 2.93. The number of anilines is 2. The smallest absolute Gasteiger partial charge is 0.410 e. The van der Waals surface area contributed by atoms with Gasteiger partial charge in [0, 0.05) is 49.8 Å². The first kappa shape index (κ1) is 29.1. The Bertz CT molecular complexity index is 1180. The topological polar surface area (TPSA) is 96.6 Å². The summed E-state index contributed by atoms with van der Waals surface area (Å²) in [5.74, 6) is -1.41. The first-order valence-corrected chi connectivity index (χ1v) is 13.1. The van der Waals surface area contributed by atoms with Crippen molar-refractivity contribution in [2.24, 2.45) is 0 Å². The maximum atomic E-state index is 14.6. The fourth-order valence-electron chi connectivity index (χ4n) is 4.31. The van der Waals surface area contributed by atoms with E-state index in [1.165, 1.54) is 14.2 Å². The molecule has 0 spiro atoms. The number of hydrogen-bond acceptors (Lipinski definition) is 9.